The van der Waals surface area contributed by atoms with Gasteiger partial charge in [0.25, 0.3) is 5.91 Å². The van der Waals surface area contributed by atoms with Gasteiger partial charge in [-0.25, -0.2) is 8.42 Å². The molecule has 2 heterocycles. The van der Waals surface area contributed by atoms with Crippen LogP contribution in [0.2, 0.25) is 5.02 Å². The Hall–Kier alpha value is -1.83. The van der Waals surface area contributed by atoms with Gasteiger partial charge in [-0.15, -0.1) is 0 Å². The van der Waals surface area contributed by atoms with E-state index in [1.807, 2.05) is 0 Å². The van der Waals surface area contributed by atoms with Crippen molar-refractivity contribution in [3.05, 3.63) is 53.4 Å². The number of carbonyl (C=O) groups is 1. The molecule has 1 aliphatic rings. The maximum Gasteiger partial charge on any atom is 0.257 e. The van der Waals surface area contributed by atoms with Crippen LogP contribution in [-0.2, 0) is 10.0 Å². The molecule has 1 amide bonds. The summed E-state index contributed by atoms with van der Waals surface area (Å²) in [6.07, 6.45) is 2.82. The van der Waals surface area contributed by atoms with Gasteiger partial charge in [-0.05, 0) is 24.3 Å². The lowest BCUT2D eigenvalue weighted by molar-refractivity contribution is 0.0697. The lowest BCUT2D eigenvalue weighted by Gasteiger charge is -2.33. The van der Waals surface area contributed by atoms with Crippen molar-refractivity contribution in [2.45, 2.75) is 4.90 Å². The number of hydrogen-bond acceptors (Lipinski definition) is 4. The van der Waals surface area contributed by atoms with Crippen LogP contribution < -0.4 is 0 Å². The zero-order valence-electron chi connectivity index (χ0n) is 12.2. The fourth-order valence-electron chi connectivity index (χ4n) is 2.48. The number of amides is 1. The van der Waals surface area contributed by atoms with Gasteiger partial charge in [-0.1, -0.05) is 17.7 Å². The number of rotatable bonds is 3. The molecule has 0 radical (unpaired) electrons. The molecule has 2 aromatic rings. The second kappa shape index (κ2) is 6.35. The van der Waals surface area contributed by atoms with Crippen LogP contribution in [0.5, 0.6) is 0 Å². The van der Waals surface area contributed by atoms with Crippen molar-refractivity contribution in [1.29, 1.82) is 0 Å². The summed E-state index contributed by atoms with van der Waals surface area (Å²) in [4.78, 5) is 14.0. The number of furan rings is 1. The molecule has 8 heteroatoms. The first kappa shape index (κ1) is 16.0. The number of nitrogens with zero attached hydrogens (tertiary/aromatic N) is 2. The molecule has 1 saturated heterocycles. The van der Waals surface area contributed by atoms with E-state index < -0.39 is 10.0 Å². The summed E-state index contributed by atoms with van der Waals surface area (Å²) in [5, 5.41) is 0.375. The molecule has 1 aromatic heterocycles. The van der Waals surface area contributed by atoms with Gasteiger partial charge in [0.15, 0.2) is 0 Å². The molecule has 0 N–H and O–H groups in total. The van der Waals surface area contributed by atoms with Crippen LogP contribution in [0.3, 0.4) is 0 Å². The maximum atomic E-state index is 12.6. The number of sulfonamides is 1. The SMILES string of the molecule is O=C(c1ccoc1)N1CCN(S(=O)(=O)c2cccc(Cl)c2)CC1. The van der Waals surface area contributed by atoms with Crippen molar-refractivity contribution in [2.75, 3.05) is 26.2 Å². The molecule has 1 aliphatic heterocycles. The van der Waals surface area contributed by atoms with Crippen molar-refractivity contribution in [3.63, 3.8) is 0 Å². The van der Waals surface area contributed by atoms with E-state index in [0.717, 1.165) is 0 Å². The monoisotopic (exact) mass is 354 g/mol. The Labute approximate surface area is 139 Å². The average Bonchev–Trinajstić information content (AvgIpc) is 3.09. The summed E-state index contributed by atoms with van der Waals surface area (Å²) in [5.41, 5.74) is 0.469. The van der Waals surface area contributed by atoms with E-state index in [2.05, 4.69) is 0 Å². The molecule has 1 aromatic carbocycles. The Morgan fingerprint density at radius 2 is 1.87 bits per heavy atom. The number of halogens is 1. The minimum atomic E-state index is -3.60. The highest BCUT2D eigenvalue weighted by Crippen LogP contribution is 2.21. The first-order valence-corrected chi connectivity index (χ1v) is 8.87. The molecule has 0 spiro atoms. The third-order valence-electron chi connectivity index (χ3n) is 3.73. The van der Waals surface area contributed by atoms with Crippen LogP contribution in [0.1, 0.15) is 10.4 Å². The van der Waals surface area contributed by atoms with E-state index in [-0.39, 0.29) is 23.9 Å². The first-order chi connectivity index (χ1) is 11.0. The van der Waals surface area contributed by atoms with Gasteiger partial charge in [0.05, 0.1) is 16.7 Å². The molecule has 0 bridgehead atoms. The molecule has 0 atom stereocenters. The third-order valence-corrected chi connectivity index (χ3v) is 5.86. The van der Waals surface area contributed by atoms with E-state index in [1.54, 1.807) is 23.1 Å². The van der Waals surface area contributed by atoms with Crippen molar-refractivity contribution >= 4 is 27.5 Å². The van der Waals surface area contributed by atoms with Gasteiger partial charge in [-0.3, -0.25) is 4.79 Å². The number of piperazine rings is 1. The van der Waals surface area contributed by atoms with E-state index in [1.165, 1.54) is 29.0 Å². The van der Waals surface area contributed by atoms with Gasteiger partial charge < -0.3 is 9.32 Å². The molecule has 0 unspecified atom stereocenters. The standard InChI is InChI=1S/C15H15ClN2O4S/c16-13-2-1-3-14(10-13)23(20,21)18-7-5-17(6-8-18)15(19)12-4-9-22-11-12/h1-4,9-11H,5-8H2. The van der Waals surface area contributed by atoms with E-state index >= 15 is 0 Å². The second-order valence-corrected chi connectivity index (χ2v) is 7.54. The molecule has 3 rings (SSSR count). The Bertz CT molecular complexity index is 797. The van der Waals surface area contributed by atoms with Gasteiger partial charge in [0.1, 0.15) is 6.26 Å². The molecular formula is C15H15ClN2O4S. The average molecular weight is 355 g/mol. The molecule has 0 aliphatic carbocycles. The highest BCUT2D eigenvalue weighted by Gasteiger charge is 2.30. The Morgan fingerprint density at radius 1 is 1.13 bits per heavy atom. The van der Waals surface area contributed by atoms with E-state index in [4.69, 9.17) is 16.0 Å². The smallest absolute Gasteiger partial charge is 0.257 e. The zero-order valence-corrected chi connectivity index (χ0v) is 13.8. The first-order valence-electron chi connectivity index (χ1n) is 7.06. The Kier molecular flexibility index (Phi) is 4.43. The quantitative estimate of drug-likeness (QED) is 0.846. The number of benzene rings is 1. The highest BCUT2D eigenvalue weighted by atomic mass is 35.5. The molecular weight excluding hydrogens is 340 g/mol. The second-order valence-electron chi connectivity index (χ2n) is 5.17. The van der Waals surface area contributed by atoms with Crippen LogP contribution >= 0.6 is 11.6 Å². The van der Waals surface area contributed by atoms with Crippen molar-refractivity contribution in [2.24, 2.45) is 0 Å². The predicted molar refractivity (Wildman–Crippen MR) is 84.8 cm³/mol. The van der Waals surface area contributed by atoms with Crippen LogP contribution in [0.4, 0.5) is 0 Å². The lowest BCUT2D eigenvalue weighted by Crippen LogP contribution is -2.50. The maximum absolute atomic E-state index is 12.6. The molecule has 0 saturated carbocycles. The molecule has 23 heavy (non-hydrogen) atoms. The Balaban J connectivity index is 1.70. The summed E-state index contributed by atoms with van der Waals surface area (Å²) in [6, 6.07) is 7.78. The van der Waals surface area contributed by atoms with Crippen LogP contribution in [0, 0.1) is 0 Å². The van der Waals surface area contributed by atoms with Crippen molar-refractivity contribution < 1.29 is 17.6 Å². The minimum Gasteiger partial charge on any atom is -0.472 e. The molecule has 6 nitrogen and oxygen atoms in total. The molecule has 1 fully saturated rings. The number of carbonyl (C=O) groups excluding carboxylic acids is 1. The zero-order chi connectivity index (χ0) is 16.4. The summed E-state index contributed by atoms with van der Waals surface area (Å²) in [7, 11) is -3.60. The lowest BCUT2D eigenvalue weighted by atomic mass is 10.2. The van der Waals surface area contributed by atoms with Gasteiger partial charge in [0.2, 0.25) is 10.0 Å². The van der Waals surface area contributed by atoms with E-state index in [0.29, 0.717) is 23.7 Å². The topological polar surface area (TPSA) is 70.8 Å². The summed E-state index contributed by atoms with van der Waals surface area (Å²) in [5.74, 6) is -0.154. The molecule has 122 valence electrons. The normalized spacial score (nSPS) is 16.5. The van der Waals surface area contributed by atoms with Gasteiger partial charge in [-0.2, -0.15) is 4.31 Å². The van der Waals surface area contributed by atoms with Crippen LogP contribution in [0.15, 0.2) is 52.2 Å². The summed E-state index contributed by atoms with van der Waals surface area (Å²) >= 11 is 5.87. The number of hydrogen-bond donors (Lipinski definition) is 0. The fourth-order valence-corrected chi connectivity index (χ4v) is 4.20. The third kappa shape index (κ3) is 3.26. The fraction of sp³-hybridized carbons (Fsp3) is 0.267. The van der Waals surface area contributed by atoms with E-state index in [9.17, 15) is 13.2 Å². The highest BCUT2D eigenvalue weighted by molar-refractivity contribution is 7.89. The minimum absolute atomic E-state index is 0.154. The predicted octanol–water partition coefficient (Wildman–Crippen LogP) is 2.08. The van der Waals surface area contributed by atoms with Crippen molar-refractivity contribution in [3.8, 4) is 0 Å². The summed E-state index contributed by atoms with van der Waals surface area (Å²) in [6.45, 7) is 1.17. The van der Waals surface area contributed by atoms with Crippen LogP contribution in [-0.4, -0.2) is 49.7 Å². The van der Waals surface area contributed by atoms with Gasteiger partial charge >= 0.3 is 0 Å². The van der Waals surface area contributed by atoms with Gasteiger partial charge in [0, 0.05) is 31.2 Å². The Morgan fingerprint density at radius 3 is 2.48 bits per heavy atom. The van der Waals surface area contributed by atoms with Crippen molar-refractivity contribution in [1.82, 2.24) is 9.21 Å². The van der Waals surface area contributed by atoms with Crippen LogP contribution in [0.25, 0.3) is 0 Å². The summed E-state index contributed by atoms with van der Waals surface area (Å²) < 4.78 is 31.5. The largest absolute Gasteiger partial charge is 0.472 e.